The van der Waals surface area contributed by atoms with Crippen LogP contribution in [0.15, 0.2) is 60.7 Å². The van der Waals surface area contributed by atoms with Crippen LogP contribution in [-0.4, -0.2) is 42.7 Å². The molecular weight excluding hydrogens is 407 g/mol. The zero-order chi connectivity index (χ0) is 22.5. The predicted octanol–water partition coefficient (Wildman–Crippen LogP) is 5.20. The van der Waals surface area contributed by atoms with E-state index in [9.17, 15) is 9.18 Å². The Hall–Kier alpha value is -3.25. The summed E-state index contributed by atoms with van der Waals surface area (Å²) in [4.78, 5) is 19.9. The molecule has 0 bridgehead atoms. The van der Waals surface area contributed by atoms with Crippen molar-refractivity contribution < 1.29 is 18.7 Å². The monoisotopic (exact) mass is 434 g/mol. The van der Waals surface area contributed by atoms with Gasteiger partial charge in [-0.25, -0.2) is 4.39 Å². The SMILES string of the molecule is COCCOc1ccc(C(=O)N2CCC[C@@H]2c2cc(-c3ccc(F)cc3)cc(C)n2)cc1. The highest BCUT2D eigenvalue weighted by molar-refractivity contribution is 5.94. The average Bonchev–Trinajstić information content (AvgIpc) is 3.29. The first-order valence-electron chi connectivity index (χ1n) is 10.8. The molecule has 1 atom stereocenters. The topological polar surface area (TPSA) is 51.7 Å². The molecule has 1 aromatic heterocycles. The Kier molecular flexibility index (Phi) is 6.81. The average molecular weight is 435 g/mol. The van der Waals surface area contributed by atoms with Crippen LogP contribution in [0.4, 0.5) is 4.39 Å². The van der Waals surface area contributed by atoms with Crippen molar-refractivity contribution in [3.63, 3.8) is 0 Å². The number of rotatable bonds is 7. The van der Waals surface area contributed by atoms with Crippen LogP contribution in [0.25, 0.3) is 11.1 Å². The highest BCUT2D eigenvalue weighted by Gasteiger charge is 2.32. The molecule has 0 N–H and O–H groups in total. The summed E-state index contributed by atoms with van der Waals surface area (Å²) in [5.41, 5.74) is 4.28. The molecule has 4 rings (SSSR count). The molecule has 2 heterocycles. The molecule has 3 aromatic rings. The first-order valence-corrected chi connectivity index (χ1v) is 10.8. The number of aryl methyl sites for hydroxylation is 1. The Morgan fingerprint density at radius 1 is 1.06 bits per heavy atom. The Bertz CT molecular complexity index is 1070. The maximum Gasteiger partial charge on any atom is 0.254 e. The van der Waals surface area contributed by atoms with E-state index in [1.54, 1.807) is 31.4 Å². The zero-order valence-corrected chi connectivity index (χ0v) is 18.4. The molecule has 5 nitrogen and oxygen atoms in total. The van der Waals surface area contributed by atoms with Gasteiger partial charge in [0.1, 0.15) is 18.2 Å². The Morgan fingerprint density at radius 3 is 2.53 bits per heavy atom. The van der Waals surface area contributed by atoms with E-state index < -0.39 is 0 Å². The summed E-state index contributed by atoms with van der Waals surface area (Å²) >= 11 is 0. The summed E-state index contributed by atoms with van der Waals surface area (Å²) in [5, 5.41) is 0. The molecule has 1 fully saturated rings. The Labute approximate surface area is 187 Å². The number of likely N-dealkylation sites (tertiary alicyclic amines) is 1. The molecule has 1 aliphatic rings. The van der Waals surface area contributed by atoms with Crippen molar-refractivity contribution in [3.05, 3.63) is 83.4 Å². The number of ether oxygens (including phenoxy) is 2. The summed E-state index contributed by atoms with van der Waals surface area (Å²) in [6.07, 6.45) is 1.79. The van der Waals surface area contributed by atoms with Gasteiger partial charge in [-0.2, -0.15) is 0 Å². The molecule has 0 radical (unpaired) electrons. The highest BCUT2D eigenvalue weighted by atomic mass is 19.1. The number of nitrogens with zero attached hydrogens (tertiary/aromatic N) is 2. The molecule has 0 aliphatic carbocycles. The zero-order valence-electron chi connectivity index (χ0n) is 18.4. The van der Waals surface area contributed by atoms with E-state index in [1.807, 2.05) is 36.1 Å². The maximum absolute atomic E-state index is 13.3. The van der Waals surface area contributed by atoms with E-state index in [0.717, 1.165) is 35.4 Å². The Morgan fingerprint density at radius 2 is 1.81 bits per heavy atom. The summed E-state index contributed by atoms with van der Waals surface area (Å²) in [7, 11) is 1.63. The van der Waals surface area contributed by atoms with Crippen LogP contribution in [0.2, 0.25) is 0 Å². The van der Waals surface area contributed by atoms with Gasteiger partial charge in [-0.3, -0.25) is 9.78 Å². The van der Waals surface area contributed by atoms with Crippen molar-refractivity contribution >= 4 is 5.91 Å². The van der Waals surface area contributed by atoms with E-state index in [0.29, 0.717) is 31.1 Å². The van der Waals surface area contributed by atoms with Crippen molar-refractivity contribution in [2.24, 2.45) is 0 Å². The van der Waals surface area contributed by atoms with Crippen molar-refractivity contribution in [1.82, 2.24) is 9.88 Å². The number of aromatic nitrogens is 1. The third kappa shape index (κ3) is 4.97. The van der Waals surface area contributed by atoms with E-state index in [-0.39, 0.29) is 17.8 Å². The third-order valence-corrected chi connectivity index (χ3v) is 5.66. The van der Waals surface area contributed by atoms with Crippen LogP contribution in [0.5, 0.6) is 5.75 Å². The first kappa shape index (κ1) is 22.0. The number of benzene rings is 2. The molecule has 32 heavy (non-hydrogen) atoms. The minimum absolute atomic E-state index is 0.0115. The number of halogens is 1. The van der Waals surface area contributed by atoms with Crippen molar-refractivity contribution in [2.75, 3.05) is 26.9 Å². The molecule has 2 aromatic carbocycles. The van der Waals surface area contributed by atoms with Gasteiger partial charge in [-0.1, -0.05) is 12.1 Å². The summed E-state index contributed by atoms with van der Waals surface area (Å²) in [6.45, 7) is 3.62. The molecule has 0 spiro atoms. The van der Waals surface area contributed by atoms with Gasteiger partial charge in [0.15, 0.2) is 0 Å². The second-order valence-electron chi connectivity index (χ2n) is 7.95. The third-order valence-electron chi connectivity index (χ3n) is 5.66. The summed E-state index contributed by atoms with van der Waals surface area (Å²) in [6, 6.07) is 17.6. The summed E-state index contributed by atoms with van der Waals surface area (Å²) in [5.74, 6) is 0.436. The minimum Gasteiger partial charge on any atom is -0.491 e. The number of amides is 1. The number of carbonyl (C=O) groups is 1. The largest absolute Gasteiger partial charge is 0.491 e. The number of methoxy groups -OCH3 is 1. The molecule has 6 heteroatoms. The molecule has 1 amide bonds. The maximum atomic E-state index is 13.3. The van der Waals surface area contributed by atoms with Gasteiger partial charge in [0, 0.05) is 24.9 Å². The van der Waals surface area contributed by atoms with Crippen LogP contribution < -0.4 is 4.74 Å². The fourth-order valence-electron chi connectivity index (χ4n) is 4.09. The summed E-state index contributed by atoms with van der Waals surface area (Å²) < 4.78 is 23.9. The van der Waals surface area contributed by atoms with Gasteiger partial charge in [-0.05, 0) is 79.4 Å². The second kappa shape index (κ2) is 9.92. The van der Waals surface area contributed by atoms with Gasteiger partial charge in [0.2, 0.25) is 0 Å². The van der Waals surface area contributed by atoms with Gasteiger partial charge in [-0.15, -0.1) is 0 Å². The van der Waals surface area contributed by atoms with Crippen LogP contribution in [0, 0.1) is 12.7 Å². The predicted molar refractivity (Wildman–Crippen MR) is 121 cm³/mol. The van der Waals surface area contributed by atoms with E-state index in [1.165, 1.54) is 12.1 Å². The lowest BCUT2D eigenvalue weighted by atomic mass is 10.0. The first-order chi connectivity index (χ1) is 15.5. The van der Waals surface area contributed by atoms with Crippen molar-refractivity contribution in [1.29, 1.82) is 0 Å². The van der Waals surface area contributed by atoms with Gasteiger partial charge in [0.05, 0.1) is 18.3 Å². The standard InChI is InChI=1S/C26H27FN2O3/c1-18-16-21(19-5-9-22(27)10-6-19)17-24(28-18)25-4-3-13-29(25)26(30)20-7-11-23(12-8-20)32-15-14-31-2/h5-12,16-17,25H,3-4,13-15H2,1-2H3/t25-/m1/s1. The molecule has 0 saturated carbocycles. The smallest absolute Gasteiger partial charge is 0.254 e. The van der Waals surface area contributed by atoms with Crippen LogP contribution >= 0.6 is 0 Å². The lowest BCUT2D eigenvalue weighted by molar-refractivity contribution is 0.0732. The quantitative estimate of drug-likeness (QED) is 0.480. The normalized spacial score (nSPS) is 15.7. The lowest BCUT2D eigenvalue weighted by Gasteiger charge is -2.25. The van der Waals surface area contributed by atoms with Crippen LogP contribution in [-0.2, 0) is 4.74 Å². The van der Waals surface area contributed by atoms with Gasteiger partial charge < -0.3 is 14.4 Å². The second-order valence-corrected chi connectivity index (χ2v) is 7.95. The fourth-order valence-corrected chi connectivity index (χ4v) is 4.09. The van der Waals surface area contributed by atoms with E-state index in [2.05, 4.69) is 0 Å². The van der Waals surface area contributed by atoms with Gasteiger partial charge >= 0.3 is 0 Å². The van der Waals surface area contributed by atoms with Gasteiger partial charge in [0.25, 0.3) is 5.91 Å². The van der Waals surface area contributed by atoms with E-state index >= 15 is 0 Å². The fraction of sp³-hybridized carbons (Fsp3) is 0.308. The molecule has 1 aliphatic heterocycles. The number of pyridine rings is 1. The van der Waals surface area contributed by atoms with Crippen LogP contribution in [0.1, 0.15) is 40.6 Å². The molecule has 0 unspecified atom stereocenters. The lowest BCUT2D eigenvalue weighted by Crippen LogP contribution is -2.31. The number of carbonyl (C=O) groups excluding carboxylic acids is 1. The molecule has 166 valence electrons. The van der Waals surface area contributed by atoms with Crippen LogP contribution in [0.3, 0.4) is 0 Å². The minimum atomic E-state index is -0.262. The number of hydrogen-bond donors (Lipinski definition) is 0. The Balaban J connectivity index is 1.54. The number of hydrogen-bond acceptors (Lipinski definition) is 4. The van der Waals surface area contributed by atoms with E-state index in [4.69, 9.17) is 14.5 Å². The van der Waals surface area contributed by atoms with Crippen molar-refractivity contribution in [2.45, 2.75) is 25.8 Å². The highest BCUT2D eigenvalue weighted by Crippen LogP contribution is 2.34. The van der Waals surface area contributed by atoms with Crippen molar-refractivity contribution in [3.8, 4) is 16.9 Å². The molecular formula is C26H27FN2O3. The molecule has 1 saturated heterocycles.